The quantitative estimate of drug-likeness (QED) is 0.776. The molecule has 0 spiro atoms. The molecule has 0 saturated heterocycles. The fourth-order valence-electron chi connectivity index (χ4n) is 2.53. The number of anilines is 1. The molecule has 0 radical (unpaired) electrons. The van der Waals surface area contributed by atoms with Gasteiger partial charge in [-0.3, -0.25) is 0 Å². The molecule has 96 valence electrons. The topological polar surface area (TPSA) is 56.7 Å². The molecule has 5 heteroatoms. The highest BCUT2D eigenvalue weighted by molar-refractivity contribution is 7.18. The summed E-state index contributed by atoms with van der Waals surface area (Å²) in [5.74, 6) is 1.02. The van der Waals surface area contributed by atoms with Gasteiger partial charge in [0.15, 0.2) is 11.0 Å². The number of imidazole rings is 1. The summed E-state index contributed by atoms with van der Waals surface area (Å²) in [5.41, 5.74) is 9.06. The van der Waals surface area contributed by atoms with Crippen LogP contribution in [0.3, 0.4) is 0 Å². The number of thiazole rings is 1. The fourth-order valence-corrected chi connectivity index (χ4v) is 3.35. The average Bonchev–Trinajstić information content (AvgIpc) is 3.07. The van der Waals surface area contributed by atoms with Gasteiger partial charge in [-0.25, -0.2) is 9.97 Å². The van der Waals surface area contributed by atoms with Gasteiger partial charge < -0.3 is 10.3 Å². The lowest BCUT2D eigenvalue weighted by Gasteiger charge is -2.06. The van der Waals surface area contributed by atoms with Crippen LogP contribution in [0.15, 0.2) is 24.3 Å². The smallest absolute Gasteiger partial charge is 0.180 e. The summed E-state index contributed by atoms with van der Waals surface area (Å²) < 4.78 is 2.36. The summed E-state index contributed by atoms with van der Waals surface area (Å²) >= 11 is 1.53. The largest absolute Gasteiger partial charge is 0.375 e. The molecule has 0 bridgehead atoms. The summed E-state index contributed by atoms with van der Waals surface area (Å²) in [7, 11) is 0. The Kier molecular flexibility index (Phi) is 2.20. The van der Waals surface area contributed by atoms with E-state index in [0.717, 1.165) is 21.9 Å². The lowest BCUT2D eigenvalue weighted by molar-refractivity contribution is 0.776. The number of aromatic nitrogens is 3. The molecule has 3 aromatic rings. The van der Waals surface area contributed by atoms with Crippen molar-refractivity contribution in [2.75, 3.05) is 5.73 Å². The minimum Gasteiger partial charge on any atom is -0.375 e. The van der Waals surface area contributed by atoms with E-state index in [2.05, 4.69) is 27.8 Å². The number of nitrogens with two attached hydrogens (primary N) is 1. The number of fused-ring (bicyclic) bond motifs is 1. The third-order valence-electron chi connectivity index (χ3n) is 3.52. The van der Waals surface area contributed by atoms with Gasteiger partial charge in [0.2, 0.25) is 0 Å². The number of hydrogen-bond acceptors (Lipinski definition) is 4. The number of para-hydroxylation sites is 2. The average molecular weight is 270 g/mol. The molecule has 2 aromatic heterocycles. The van der Waals surface area contributed by atoms with Crippen LogP contribution in [0.25, 0.3) is 21.7 Å². The van der Waals surface area contributed by atoms with Crippen LogP contribution in [0.5, 0.6) is 0 Å². The Labute approximate surface area is 114 Å². The summed E-state index contributed by atoms with van der Waals surface area (Å²) in [6.45, 7) is 2.00. The summed E-state index contributed by atoms with van der Waals surface area (Å²) in [6, 6.07) is 8.90. The molecule has 1 fully saturated rings. The Bertz CT molecular complexity index is 767. The zero-order chi connectivity index (χ0) is 13.0. The first-order chi connectivity index (χ1) is 9.24. The van der Waals surface area contributed by atoms with Crippen molar-refractivity contribution in [1.29, 1.82) is 0 Å². The molecular weight excluding hydrogens is 256 g/mol. The van der Waals surface area contributed by atoms with Crippen molar-refractivity contribution in [3.63, 3.8) is 0 Å². The lowest BCUT2D eigenvalue weighted by Crippen LogP contribution is -1.97. The van der Waals surface area contributed by atoms with Crippen LogP contribution in [0.1, 0.15) is 24.6 Å². The first kappa shape index (κ1) is 11.0. The van der Waals surface area contributed by atoms with Gasteiger partial charge in [-0.1, -0.05) is 23.5 Å². The minimum absolute atomic E-state index is 0.588. The highest BCUT2D eigenvalue weighted by Gasteiger charge is 2.29. The van der Waals surface area contributed by atoms with Crippen molar-refractivity contribution in [2.24, 2.45) is 0 Å². The maximum atomic E-state index is 5.82. The number of rotatable bonds is 2. The molecule has 0 unspecified atom stereocenters. The Morgan fingerprint density at radius 1 is 1.26 bits per heavy atom. The number of hydrogen-bond donors (Lipinski definition) is 1. The van der Waals surface area contributed by atoms with E-state index in [-0.39, 0.29) is 0 Å². The van der Waals surface area contributed by atoms with E-state index in [1.807, 2.05) is 13.0 Å². The van der Waals surface area contributed by atoms with Gasteiger partial charge in [-0.05, 0) is 31.9 Å². The second-order valence-corrected chi connectivity index (χ2v) is 6.02. The third-order valence-corrected chi connectivity index (χ3v) is 4.51. The molecule has 1 aliphatic rings. The van der Waals surface area contributed by atoms with Crippen LogP contribution in [-0.2, 0) is 0 Å². The van der Waals surface area contributed by atoms with Crippen molar-refractivity contribution in [2.45, 2.75) is 25.8 Å². The first-order valence-corrected chi connectivity index (χ1v) is 7.26. The maximum Gasteiger partial charge on any atom is 0.180 e. The molecular formula is C14H14N4S. The molecule has 0 amide bonds. The Morgan fingerprint density at radius 3 is 2.74 bits per heavy atom. The Morgan fingerprint density at radius 2 is 2.05 bits per heavy atom. The summed E-state index contributed by atoms with van der Waals surface area (Å²) in [5, 5.41) is 0.613. The molecule has 19 heavy (non-hydrogen) atoms. The van der Waals surface area contributed by atoms with E-state index >= 15 is 0 Å². The second-order valence-electron chi connectivity index (χ2n) is 4.99. The maximum absolute atomic E-state index is 5.82. The van der Waals surface area contributed by atoms with Gasteiger partial charge in [0, 0.05) is 6.04 Å². The number of aryl methyl sites for hydroxylation is 1. The minimum atomic E-state index is 0.588. The van der Waals surface area contributed by atoms with Crippen LogP contribution in [0.4, 0.5) is 5.13 Å². The number of nitrogen functional groups attached to an aromatic ring is 1. The van der Waals surface area contributed by atoms with Gasteiger partial charge in [0.25, 0.3) is 0 Å². The highest BCUT2D eigenvalue weighted by atomic mass is 32.1. The van der Waals surface area contributed by atoms with Crippen molar-refractivity contribution >= 4 is 27.5 Å². The van der Waals surface area contributed by atoms with E-state index in [9.17, 15) is 0 Å². The zero-order valence-electron chi connectivity index (χ0n) is 10.6. The number of nitrogens with zero attached hydrogens (tertiary/aromatic N) is 3. The summed E-state index contributed by atoms with van der Waals surface area (Å²) in [6.07, 6.45) is 2.47. The van der Waals surface area contributed by atoms with Gasteiger partial charge in [-0.2, -0.15) is 0 Å². The molecule has 0 atom stereocenters. The molecule has 0 aliphatic heterocycles. The van der Waals surface area contributed by atoms with Crippen LogP contribution in [-0.4, -0.2) is 14.5 Å². The predicted molar refractivity (Wildman–Crippen MR) is 78.3 cm³/mol. The molecule has 4 nitrogen and oxygen atoms in total. The molecule has 2 heterocycles. The van der Waals surface area contributed by atoms with Crippen LogP contribution in [0.2, 0.25) is 0 Å². The molecule has 1 aliphatic carbocycles. The van der Waals surface area contributed by atoms with E-state index in [1.54, 1.807) is 0 Å². The standard InChI is InChI=1S/C14H14N4S/c1-8-12(19-14(15)16-8)13-17-10-4-2-3-5-11(10)18(13)9-6-7-9/h2-5,9H,6-7H2,1H3,(H2,15,16). The van der Waals surface area contributed by atoms with Crippen molar-refractivity contribution in [3.8, 4) is 10.7 Å². The van der Waals surface area contributed by atoms with Gasteiger partial charge >= 0.3 is 0 Å². The van der Waals surface area contributed by atoms with Gasteiger partial charge in [0.1, 0.15) is 0 Å². The van der Waals surface area contributed by atoms with Gasteiger partial charge in [0.05, 0.1) is 21.6 Å². The lowest BCUT2D eigenvalue weighted by atomic mass is 10.3. The third kappa shape index (κ3) is 1.65. The normalized spacial score (nSPS) is 15.2. The van der Waals surface area contributed by atoms with Crippen LogP contribution >= 0.6 is 11.3 Å². The Balaban J connectivity index is 2.03. The van der Waals surface area contributed by atoms with Crippen LogP contribution < -0.4 is 5.73 Å². The number of benzene rings is 1. The van der Waals surface area contributed by atoms with Crippen molar-refractivity contribution in [1.82, 2.24) is 14.5 Å². The van der Waals surface area contributed by atoms with Crippen LogP contribution in [0, 0.1) is 6.92 Å². The van der Waals surface area contributed by atoms with E-state index in [1.165, 1.54) is 29.7 Å². The first-order valence-electron chi connectivity index (χ1n) is 6.44. The summed E-state index contributed by atoms with van der Waals surface area (Å²) in [4.78, 5) is 10.2. The van der Waals surface area contributed by atoms with Crippen molar-refractivity contribution < 1.29 is 0 Å². The fraction of sp³-hybridized carbons (Fsp3) is 0.286. The van der Waals surface area contributed by atoms with E-state index < -0.39 is 0 Å². The zero-order valence-corrected chi connectivity index (χ0v) is 11.4. The molecule has 1 aromatic carbocycles. The molecule has 2 N–H and O–H groups in total. The van der Waals surface area contributed by atoms with E-state index in [0.29, 0.717) is 11.2 Å². The molecule has 1 saturated carbocycles. The molecule has 4 rings (SSSR count). The highest BCUT2D eigenvalue weighted by Crippen LogP contribution is 2.43. The van der Waals surface area contributed by atoms with Crippen molar-refractivity contribution in [3.05, 3.63) is 30.0 Å². The second kappa shape index (κ2) is 3.81. The predicted octanol–water partition coefficient (Wildman–Crippen LogP) is 3.39. The van der Waals surface area contributed by atoms with E-state index in [4.69, 9.17) is 10.7 Å². The van der Waals surface area contributed by atoms with Gasteiger partial charge in [-0.15, -0.1) is 0 Å². The SMILES string of the molecule is Cc1nc(N)sc1-c1nc2ccccc2n1C1CC1. The monoisotopic (exact) mass is 270 g/mol. The Hall–Kier alpha value is -1.88.